The minimum Gasteiger partial charge on any atom is -0.462 e. The van der Waals surface area contributed by atoms with Crippen molar-refractivity contribution in [3.8, 4) is 0 Å². The molecule has 0 saturated heterocycles. The Kier molecular flexibility index (Phi) is 6.88. The molecule has 1 unspecified atom stereocenters. The van der Waals surface area contributed by atoms with Crippen molar-refractivity contribution in [3.63, 3.8) is 0 Å². The van der Waals surface area contributed by atoms with Gasteiger partial charge in [-0.15, -0.1) is 0 Å². The fourth-order valence-corrected chi connectivity index (χ4v) is 4.46. The molecule has 0 radical (unpaired) electrons. The Morgan fingerprint density at radius 3 is 2.55 bits per heavy atom. The molecule has 0 fully saturated rings. The lowest BCUT2D eigenvalue weighted by molar-refractivity contribution is 0.0525. The number of halogens is 2. The monoisotopic (exact) mass is 500 g/mol. The number of para-hydroxylation sites is 1. The first-order valence-electron chi connectivity index (χ1n) is 9.93. The average molecular weight is 501 g/mol. The highest BCUT2D eigenvalue weighted by atomic mass is 35.5. The van der Waals surface area contributed by atoms with E-state index < -0.39 is 17.1 Å². The molecule has 2 aromatic heterocycles. The number of carbonyl (C=O) groups excluding carboxylic acids is 2. The Morgan fingerprint density at radius 2 is 1.88 bits per heavy atom. The Bertz CT molecular complexity index is 1330. The van der Waals surface area contributed by atoms with E-state index in [1.54, 1.807) is 55.7 Å². The van der Waals surface area contributed by atoms with Gasteiger partial charge < -0.3 is 15.0 Å². The molecular formula is C23H18Cl2N4O3S. The standard InChI is InChI=1S/C23H18Cl2N4O3S/c1-2-32-23(31)13-11-28-19-12(17(13)20(33)21-26-9-10-27-21)5-3-8-16(19)29-22(30)18-14(24)6-4-7-15(18)25/h3-11,20,33H,2H2,1H3,(H,26,27)(H,29,30). The third kappa shape index (κ3) is 4.55. The van der Waals surface area contributed by atoms with Crippen molar-refractivity contribution in [2.24, 2.45) is 0 Å². The Balaban J connectivity index is 1.85. The van der Waals surface area contributed by atoms with Crippen LogP contribution in [-0.4, -0.2) is 33.4 Å². The zero-order valence-electron chi connectivity index (χ0n) is 17.3. The van der Waals surface area contributed by atoms with Crippen LogP contribution in [0.25, 0.3) is 10.9 Å². The zero-order chi connectivity index (χ0) is 23.5. The first-order chi connectivity index (χ1) is 15.9. The predicted octanol–water partition coefficient (Wildman–Crippen LogP) is 5.71. The molecule has 168 valence electrons. The lowest BCUT2D eigenvalue weighted by Gasteiger charge is -2.18. The van der Waals surface area contributed by atoms with E-state index >= 15 is 0 Å². The molecule has 0 spiro atoms. The van der Waals surface area contributed by atoms with E-state index in [0.29, 0.717) is 28.0 Å². The van der Waals surface area contributed by atoms with Crippen molar-refractivity contribution in [3.05, 3.63) is 87.5 Å². The number of aromatic amines is 1. The third-order valence-electron chi connectivity index (χ3n) is 4.92. The number of pyridine rings is 1. The van der Waals surface area contributed by atoms with Crippen LogP contribution in [-0.2, 0) is 4.74 Å². The summed E-state index contributed by atoms with van der Waals surface area (Å²) in [4.78, 5) is 37.4. The van der Waals surface area contributed by atoms with Crippen LogP contribution in [0.5, 0.6) is 0 Å². The minimum absolute atomic E-state index is 0.156. The van der Waals surface area contributed by atoms with Crippen molar-refractivity contribution in [1.29, 1.82) is 0 Å². The van der Waals surface area contributed by atoms with Gasteiger partial charge in [-0.3, -0.25) is 9.78 Å². The van der Waals surface area contributed by atoms with E-state index in [0.717, 1.165) is 0 Å². The van der Waals surface area contributed by atoms with Gasteiger partial charge in [0.25, 0.3) is 5.91 Å². The Hall–Kier alpha value is -3.07. The maximum atomic E-state index is 13.0. The molecular weight excluding hydrogens is 483 g/mol. The highest BCUT2D eigenvalue weighted by molar-refractivity contribution is 7.80. The molecule has 2 aromatic carbocycles. The van der Waals surface area contributed by atoms with Gasteiger partial charge in [0.15, 0.2) is 0 Å². The molecule has 0 aliphatic rings. The van der Waals surface area contributed by atoms with Crippen molar-refractivity contribution < 1.29 is 14.3 Å². The molecule has 7 nitrogen and oxygen atoms in total. The van der Waals surface area contributed by atoms with Gasteiger partial charge in [-0.25, -0.2) is 9.78 Å². The number of thiol groups is 1. The van der Waals surface area contributed by atoms with Crippen LogP contribution in [0.2, 0.25) is 10.0 Å². The smallest absolute Gasteiger partial charge is 0.340 e. The lowest BCUT2D eigenvalue weighted by Crippen LogP contribution is -2.15. The highest BCUT2D eigenvalue weighted by Crippen LogP contribution is 2.37. The second kappa shape index (κ2) is 9.82. The molecule has 2 heterocycles. The molecule has 10 heteroatoms. The van der Waals surface area contributed by atoms with E-state index in [1.807, 2.05) is 0 Å². The summed E-state index contributed by atoms with van der Waals surface area (Å²) in [6, 6.07) is 10.1. The number of imidazole rings is 1. The summed E-state index contributed by atoms with van der Waals surface area (Å²) in [5.74, 6) is -0.456. The second-order valence-electron chi connectivity index (χ2n) is 6.94. The Morgan fingerprint density at radius 1 is 1.15 bits per heavy atom. The second-order valence-corrected chi connectivity index (χ2v) is 8.27. The quantitative estimate of drug-likeness (QED) is 0.232. The number of carbonyl (C=O) groups is 2. The van der Waals surface area contributed by atoms with Gasteiger partial charge in [0.2, 0.25) is 0 Å². The summed E-state index contributed by atoms with van der Waals surface area (Å²) in [5.41, 5.74) is 1.86. The van der Waals surface area contributed by atoms with Crippen LogP contribution >= 0.6 is 35.8 Å². The summed E-state index contributed by atoms with van der Waals surface area (Å²) in [6.07, 6.45) is 4.69. The lowest BCUT2D eigenvalue weighted by atomic mass is 9.99. The average Bonchev–Trinajstić information content (AvgIpc) is 3.33. The van der Waals surface area contributed by atoms with Gasteiger partial charge in [-0.2, -0.15) is 12.6 Å². The molecule has 33 heavy (non-hydrogen) atoms. The molecule has 1 amide bonds. The van der Waals surface area contributed by atoms with Gasteiger partial charge in [0.1, 0.15) is 5.82 Å². The number of nitrogens with one attached hydrogen (secondary N) is 2. The van der Waals surface area contributed by atoms with E-state index in [9.17, 15) is 9.59 Å². The third-order valence-corrected chi connectivity index (χ3v) is 6.06. The van der Waals surface area contributed by atoms with Crippen molar-refractivity contribution in [2.75, 3.05) is 11.9 Å². The number of benzene rings is 2. The van der Waals surface area contributed by atoms with Gasteiger partial charge in [0.05, 0.1) is 44.2 Å². The fraction of sp³-hybridized carbons (Fsp3) is 0.130. The molecule has 0 aliphatic carbocycles. The van der Waals surface area contributed by atoms with E-state index in [-0.39, 0.29) is 27.8 Å². The molecule has 1 atom stereocenters. The molecule has 0 aliphatic heterocycles. The minimum atomic E-state index is -0.575. The van der Waals surface area contributed by atoms with Crippen LogP contribution in [0.4, 0.5) is 5.69 Å². The number of amides is 1. The fourth-order valence-electron chi connectivity index (χ4n) is 3.47. The number of aromatic nitrogens is 3. The topological polar surface area (TPSA) is 97.0 Å². The van der Waals surface area contributed by atoms with Crippen LogP contribution in [0.1, 0.15) is 44.3 Å². The number of hydrogen-bond acceptors (Lipinski definition) is 6. The molecule has 0 bridgehead atoms. The normalized spacial score (nSPS) is 11.9. The zero-order valence-corrected chi connectivity index (χ0v) is 19.7. The maximum Gasteiger partial charge on any atom is 0.340 e. The van der Waals surface area contributed by atoms with Crippen LogP contribution in [0.15, 0.2) is 55.0 Å². The van der Waals surface area contributed by atoms with Gasteiger partial charge in [-0.1, -0.05) is 41.4 Å². The number of hydrogen-bond donors (Lipinski definition) is 3. The van der Waals surface area contributed by atoms with Crippen molar-refractivity contribution in [1.82, 2.24) is 15.0 Å². The van der Waals surface area contributed by atoms with E-state index in [1.165, 1.54) is 6.20 Å². The number of rotatable bonds is 6. The number of nitrogens with zero attached hydrogens (tertiary/aromatic N) is 2. The number of fused-ring (bicyclic) bond motifs is 1. The predicted molar refractivity (Wildman–Crippen MR) is 132 cm³/mol. The molecule has 4 rings (SSSR count). The van der Waals surface area contributed by atoms with E-state index in [4.69, 9.17) is 40.6 Å². The summed E-state index contributed by atoms with van der Waals surface area (Å²) < 4.78 is 5.22. The van der Waals surface area contributed by atoms with Gasteiger partial charge >= 0.3 is 5.97 Å². The Labute approximate surface area is 204 Å². The first-order valence-corrected chi connectivity index (χ1v) is 11.2. The number of anilines is 1. The van der Waals surface area contributed by atoms with Crippen molar-refractivity contribution >= 4 is 64.3 Å². The van der Waals surface area contributed by atoms with Crippen LogP contribution < -0.4 is 5.32 Å². The molecule has 4 aromatic rings. The molecule has 2 N–H and O–H groups in total. The molecule has 0 saturated carbocycles. The van der Waals surface area contributed by atoms with Gasteiger partial charge in [-0.05, 0) is 30.7 Å². The number of H-pyrrole nitrogens is 1. The van der Waals surface area contributed by atoms with Gasteiger partial charge in [0, 0.05) is 24.0 Å². The number of ether oxygens (including phenoxy) is 1. The largest absolute Gasteiger partial charge is 0.462 e. The SMILES string of the molecule is CCOC(=O)c1cnc2c(NC(=O)c3c(Cl)cccc3Cl)cccc2c1C(S)c1ncc[nH]1. The highest BCUT2D eigenvalue weighted by Gasteiger charge is 2.25. The van der Waals surface area contributed by atoms with Crippen molar-refractivity contribution in [2.45, 2.75) is 12.2 Å². The van der Waals surface area contributed by atoms with Crippen LogP contribution in [0.3, 0.4) is 0 Å². The maximum absolute atomic E-state index is 13.0. The van der Waals surface area contributed by atoms with E-state index in [2.05, 4.69) is 20.3 Å². The van der Waals surface area contributed by atoms with Crippen LogP contribution in [0, 0.1) is 0 Å². The first kappa shape index (κ1) is 23.1. The summed E-state index contributed by atoms with van der Waals surface area (Å²) in [7, 11) is 0. The summed E-state index contributed by atoms with van der Waals surface area (Å²) in [6.45, 7) is 1.94. The number of esters is 1. The summed E-state index contributed by atoms with van der Waals surface area (Å²) in [5, 5.41) is 3.32. The summed E-state index contributed by atoms with van der Waals surface area (Å²) >= 11 is 17.1.